The summed E-state index contributed by atoms with van der Waals surface area (Å²) in [5.74, 6) is 10.3. The Bertz CT molecular complexity index is 870. The summed E-state index contributed by atoms with van der Waals surface area (Å²) < 4.78 is 10.7. The van der Waals surface area contributed by atoms with Gasteiger partial charge in [0.2, 0.25) is 0 Å². The highest BCUT2D eigenvalue weighted by atomic mass is 32.2. The Morgan fingerprint density at radius 2 is 1.67 bits per heavy atom. The number of hydrogen-bond donors (Lipinski definition) is 0. The van der Waals surface area contributed by atoms with E-state index in [9.17, 15) is 0 Å². The number of rotatable bonds is 9. The van der Waals surface area contributed by atoms with Crippen molar-refractivity contribution in [2.45, 2.75) is 38.0 Å². The molecule has 0 heterocycles. The molecular weight excluding hydrogens is 428 g/mol. The maximum absolute atomic E-state index is 9.06. The number of ether oxygens (including phenoxy) is 2. The van der Waals surface area contributed by atoms with E-state index >= 15 is 0 Å². The minimum Gasteiger partial charge on any atom is -0.494 e. The monoisotopic (exact) mass is 464 g/mol. The van der Waals surface area contributed by atoms with Gasteiger partial charge in [-0.15, -0.1) is 0 Å². The fraction of sp³-hybridized carbons (Fsp3) is 0.414. The fourth-order valence-corrected chi connectivity index (χ4v) is 4.77. The van der Waals surface area contributed by atoms with Gasteiger partial charge in [-0.1, -0.05) is 37.0 Å². The first-order chi connectivity index (χ1) is 16.2. The molecule has 0 spiro atoms. The molecule has 1 aliphatic carbocycles. The van der Waals surface area contributed by atoms with Gasteiger partial charge in [-0.25, -0.2) is 0 Å². The maximum Gasteiger partial charge on any atom is 0.142 e. The van der Waals surface area contributed by atoms with Crippen LogP contribution in [0, 0.1) is 17.8 Å². The SMILES string of the molecule is C=CC=O.COCCCOc1ccc(C#Cc2ccc(C3CCCC(CSC)C3)cc2)cc1. The van der Waals surface area contributed by atoms with Crippen LogP contribution >= 0.6 is 11.8 Å². The minimum absolute atomic E-state index is 0.639. The highest BCUT2D eigenvalue weighted by Crippen LogP contribution is 2.37. The second-order valence-electron chi connectivity index (χ2n) is 8.15. The maximum atomic E-state index is 9.06. The fourth-order valence-electron chi connectivity index (χ4n) is 3.99. The minimum atomic E-state index is 0.639. The molecule has 2 aromatic carbocycles. The third kappa shape index (κ3) is 10.3. The molecule has 3 nitrogen and oxygen atoms in total. The number of methoxy groups -OCH3 is 1. The van der Waals surface area contributed by atoms with E-state index in [4.69, 9.17) is 14.3 Å². The molecule has 2 atom stereocenters. The zero-order valence-corrected chi connectivity index (χ0v) is 20.7. The van der Waals surface area contributed by atoms with Crippen LogP contribution in [0.3, 0.4) is 0 Å². The third-order valence-electron chi connectivity index (χ3n) is 5.63. The molecule has 0 aliphatic heterocycles. The van der Waals surface area contributed by atoms with Crippen molar-refractivity contribution >= 4 is 18.0 Å². The molecule has 3 rings (SSSR count). The van der Waals surface area contributed by atoms with Gasteiger partial charge in [-0.2, -0.15) is 11.8 Å². The van der Waals surface area contributed by atoms with Gasteiger partial charge in [0.15, 0.2) is 0 Å². The normalized spacial score (nSPS) is 17.0. The summed E-state index contributed by atoms with van der Waals surface area (Å²) >= 11 is 1.99. The van der Waals surface area contributed by atoms with Crippen molar-refractivity contribution in [1.82, 2.24) is 0 Å². The Kier molecular flexibility index (Phi) is 13.1. The average molecular weight is 465 g/mol. The first-order valence-electron chi connectivity index (χ1n) is 11.6. The Hall–Kier alpha value is -2.48. The van der Waals surface area contributed by atoms with E-state index in [0.29, 0.717) is 12.9 Å². The first-order valence-corrected chi connectivity index (χ1v) is 13.0. The summed E-state index contributed by atoms with van der Waals surface area (Å²) in [6.45, 7) is 4.51. The molecular formula is C29H36O3S. The van der Waals surface area contributed by atoms with Crippen molar-refractivity contribution in [2.75, 3.05) is 32.3 Å². The molecule has 1 aliphatic rings. The van der Waals surface area contributed by atoms with Crippen LogP contribution in [-0.4, -0.2) is 38.6 Å². The van der Waals surface area contributed by atoms with E-state index < -0.39 is 0 Å². The zero-order valence-electron chi connectivity index (χ0n) is 19.9. The molecule has 0 radical (unpaired) electrons. The van der Waals surface area contributed by atoms with Crippen LogP contribution in [0.5, 0.6) is 5.75 Å². The van der Waals surface area contributed by atoms with Crippen LogP contribution in [0.25, 0.3) is 0 Å². The number of carbonyl (C=O) groups is 1. The zero-order chi connectivity index (χ0) is 23.7. The Balaban J connectivity index is 0.000000890. The van der Waals surface area contributed by atoms with Gasteiger partial charge in [0.1, 0.15) is 12.0 Å². The number of aldehydes is 1. The van der Waals surface area contributed by atoms with Gasteiger partial charge in [0, 0.05) is 31.3 Å². The summed E-state index contributed by atoms with van der Waals surface area (Å²) in [5.41, 5.74) is 3.56. The van der Waals surface area contributed by atoms with E-state index in [1.807, 2.05) is 36.0 Å². The molecule has 0 aromatic heterocycles. The van der Waals surface area contributed by atoms with Gasteiger partial charge >= 0.3 is 0 Å². The Morgan fingerprint density at radius 1 is 1.03 bits per heavy atom. The van der Waals surface area contributed by atoms with E-state index in [1.54, 1.807) is 7.11 Å². The molecule has 2 aromatic rings. The van der Waals surface area contributed by atoms with Crippen molar-refractivity contribution < 1.29 is 14.3 Å². The van der Waals surface area contributed by atoms with Gasteiger partial charge < -0.3 is 9.47 Å². The molecule has 176 valence electrons. The lowest BCUT2D eigenvalue weighted by Gasteiger charge is -2.29. The summed E-state index contributed by atoms with van der Waals surface area (Å²) in [6.07, 6.45) is 10.4. The highest BCUT2D eigenvalue weighted by molar-refractivity contribution is 7.98. The van der Waals surface area contributed by atoms with Crippen LogP contribution in [0.1, 0.15) is 54.7 Å². The number of thioether (sulfide) groups is 1. The first kappa shape index (κ1) is 26.8. The van der Waals surface area contributed by atoms with E-state index in [2.05, 4.69) is 48.9 Å². The van der Waals surface area contributed by atoms with E-state index in [1.165, 1.54) is 43.1 Å². The molecule has 0 bridgehead atoms. The van der Waals surface area contributed by atoms with Crippen molar-refractivity contribution in [3.05, 3.63) is 77.9 Å². The number of hydrogen-bond acceptors (Lipinski definition) is 4. The lowest BCUT2D eigenvalue weighted by molar-refractivity contribution is -0.104. The molecule has 33 heavy (non-hydrogen) atoms. The van der Waals surface area contributed by atoms with Crippen molar-refractivity contribution in [2.24, 2.45) is 5.92 Å². The quantitative estimate of drug-likeness (QED) is 0.183. The summed E-state index contributed by atoms with van der Waals surface area (Å²) in [7, 11) is 1.71. The number of carbonyl (C=O) groups excluding carboxylic acids is 1. The van der Waals surface area contributed by atoms with E-state index in [-0.39, 0.29) is 0 Å². The standard InChI is InChI=1S/C26H32O2S.C3H4O/c1-27-17-4-18-28-26-15-11-22(12-16-26)8-7-21-9-13-24(14-10-21)25-6-3-5-23(19-25)20-29-2;1-2-3-4/h9-16,23,25H,3-6,17-20H2,1-2H3;2-3H,1H2. The van der Waals surface area contributed by atoms with Gasteiger partial charge in [0.25, 0.3) is 0 Å². The van der Waals surface area contributed by atoms with Crippen LogP contribution in [0.4, 0.5) is 0 Å². The second-order valence-corrected chi connectivity index (χ2v) is 9.06. The van der Waals surface area contributed by atoms with Crippen molar-refractivity contribution in [1.29, 1.82) is 0 Å². The van der Waals surface area contributed by atoms with Gasteiger partial charge in [0.05, 0.1) is 6.61 Å². The van der Waals surface area contributed by atoms with Crippen LogP contribution in [0.2, 0.25) is 0 Å². The molecule has 4 heteroatoms. The summed E-state index contributed by atoms with van der Waals surface area (Å²) in [6, 6.07) is 16.9. The molecule has 0 N–H and O–H groups in total. The number of allylic oxidation sites excluding steroid dienone is 1. The number of benzene rings is 2. The molecule has 0 saturated heterocycles. The second kappa shape index (κ2) is 16.2. The topological polar surface area (TPSA) is 35.5 Å². The van der Waals surface area contributed by atoms with Crippen LogP contribution in [-0.2, 0) is 9.53 Å². The van der Waals surface area contributed by atoms with Crippen LogP contribution in [0.15, 0.2) is 61.2 Å². The molecule has 1 fully saturated rings. The largest absolute Gasteiger partial charge is 0.494 e. The smallest absolute Gasteiger partial charge is 0.142 e. The van der Waals surface area contributed by atoms with Crippen molar-refractivity contribution in [3.8, 4) is 17.6 Å². The lowest BCUT2D eigenvalue weighted by atomic mass is 9.78. The summed E-state index contributed by atoms with van der Waals surface area (Å²) in [5, 5.41) is 0. The van der Waals surface area contributed by atoms with Gasteiger partial charge in [-0.3, -0.25) is 4.79 Å². The average Bonchev–Trinajstić information content (AvgIpc) is 2.87. The Labute approximate surface area is 204 Å². The predicted octanol–water partition coefficient (Wildman–Crippen LogP) is 6.51. The van der Waals surface area contributed by atoms with E-state index in [0.717, 1.165) is 41.7 Å². The summed E-state index contributed by atoms with van der Waals surface area (Å²) in [4.78, 5) is 9.06. The molecule has 1 saturated carbocycles. The third-order valence-corrected chi connectivity index (χ3v) is 6.44. The highest BCUT2D eigenvalue weighted by Gasteiger charge is 2.22. The lowest BCUT2D eigenvalue weighted by Crippen LogP contribution is -2.16. The Morgan fingerprint density at radius 3 is 2.24 bits per heavy atom. The van der Waals surface area contributed by atoms with Gasteiger partial charge in [-0.05, 0) is 91.1 Å². The van der Waals surface area contributed by atoms with Crippen LogP contribution < -0.4 is 4.74 Å². The molecule has 2 unspecified atom stereocenters. The molecule has 0 amide bonds. The predicted molar refractivity (Wildman–Crippen MR) is 140 cm³/mol. The van der Waals surface area contributed by atoms with Crippen molar-refractivity contribution in [3.63, 3.8) is 0 Å².